The summed E-state index contributed by atoms with van der Waals surface area (Å²) >= 11 is 1.61. The molecule has 8 heteroatoms. The summed E-state index contributed by atoms with van der Waals surface area (Å²) in [6, 6.07) is 14.0. The SMILES string of the molecule is C=C(/C=C\C(=C/C)c1nc2ccccc2s1)NC(=O)c1ccc(S(=O)(=O)N2CCCCC2)cc1. The molecule has 0 aliphatic carbocycles. The Balaban J connectivity index is 1.40. The van der Waals surface area contributed by atoms with Gasteiger partial charge in [-0.3, -0.25) is 4.79 Å². The summed E-state index contributed by atoms with van der Waals surface area (Å²) in [6.07, 6.45) is 8.38. The number of amides is 1. The van der Waals surface area contributed by atoms with Crippen LogP contribution in [0.15, 0.2) is 83.9 Å². The molecule has 6 nitrogen and oxygen atoms in total. The molecule has 1 N–H and O–H groups in total. The first-order chi connectivity index (χ1) is 16.4. The second-order valence-corrected chi connectivity index (χ2v) is 11.0. The van der Waals surface area contributed by atoms with Crippen molar-refractivity contribution in [2.45, 2.75) is 31.1 Å². The highest BCUT2D eigenvalue weighted by molar-refractivity contribution is 7.89. The van der Waals surface area contributed by atoms with Gasteiger partial charge in [-0.25, -0.2) is 13.4 Å². The Labute approximate surface area is 204 Å². The maximum Gasteiger partial charge on any atom is 0.255 e. The van der Waals surface area contributed by atoms with Gasteiger partial charge in [-0.05, 0) is 62.2 Å². The Morgan fingerprint density at radius 3 is 2.44 bits per heavy atom. The third-order valence-electron chi connectivity index (χ3n) is 5.66. The summed E-state index contributed by atoms with van der Waals surface area (Å²) in [7, 11) is -3.52. The molecule has 1 saturated heterocycles. The third-order valence-corrected chi connectivity index (χ3v) is 8.66. The van der Waals surface area contributed by atoms with Crippen LogP contribution in [0.25, 0.3) is 15.8 Å². The largest absolute Gasteiger partial charge is 0.323 e. The van der Waals surface area contributed by atoms with Crippen molar-refractivity contribution >= 4 is 43.1 Å². The van der Waals surface area contributed by atoms with Crippen LogP contribution in [-0.4, -0.2) is 36.7 Å². The van der Waals surface area contributed by atoms with Gasteiger partial charge < -0.3 is 5.32 Å². The van der Waals surface area contributed by atoms with Gasteiger partial charge in [0.05, 0.1) is 15.1 Å². The van der Waals surface area contributed by atoms with Gasteiger partial charge in [0.2, 0.25) is 10.0 Å². The summed E-state index contributed by atoms with van der Waals surface area (Å²) in [4.78, 5) is 17.5. The van der Waals surface area contributed by atoms with E-state index < -0.39 is 10.0 Å². The minimum Gasteiger partial charge on any atom is -0.323 e. The maximum absolute atomic E-state index is 12.8. The van der Waals surface area contributed by atoms with Gasteiger partial charge in [0.25, 0.3) is 5.91 Å². The molecule has 1 aliphatic heterocycles. The first-order valence-electron chi connectivity index (χ1n) is 11.2. The average Bonchev–Trinajstić information content (AvgIpc) is 3.29. The van der Waals surface area contributed by atoms with Gasteiger partial charge in [-0.2, -0.15) is 4.31 Å². The Morgan fingerprint density at radius 1 is 1.06 bits per heavy atom. The lowest BCUT2D eigenvalue weighted by molar-refractivity contribution is 0.0967. The standard InChI is InChI=1S/C26H27N3O3S2/c1-3-20(26-28-23-9-5-6-10-24(23)33-26)12-11-19(2)27-25(30)21-13-15-22(16-14-21)34(31,32)29-17-7-4-8-18-29/h3,5-6,9-16H,2,4,7-8,17-18H2,1H3,(H,27,30)/b12-11-,20-3+. The van der Waals surface area contributed by atoms with Gasteiger partial charge in [0.1, 0.15) is 5.01 Å². The minimum atomic E-state index is -3.52. The van der Waals surface area contributed by atoms with Crippen LogP contribution in [0.4, 0.5) is 0 Å². The van der Waals surface area contributed by atoms with Crippen molar-refractivity contribution in [2.24, 2.45) is 0 Å². The van der Waals surface area contributed by atoms with Gasteiger partial charge >= 0.3 is 0 Å². The number of carbonyl (C=O) groups is 1. The lowest BCUT2D eigenvalue weighted by Crippen LogP contribution is -2.35. The molecule has 0 bridgehead atoms. The van der Waals surface area contributed by atoms with E-state index in [4.69, 9.17) is 0 Å². The third kappa shape index (κ3) is 5.35. The van der Waals surface area contributed by atoms with E-state index in [1.165, 1.54) is 28.6 Å². The number of para-hydroxylation sites is 1. The summed E-state index contributed by atoms with van der Waals surface area (Å²) in [5.41, 5.74) is 2.68. The lowest BCUT2D eigenvalue weighted by Gasteiger charge is -2.25. The van der Waals surface area contributed by atoms with Crippen molar-refractivity contribution in [3.05, 3.63) is 89.6 Å². The summed E-state index contributed by atoms with van der Waals surface area (Å²) < 4.78 is 28.2. The first-order valence-corrected chi connectivity index (χ1v) is 13.4. The fourth-order valence-electron chi connectivity index (χ4n) is 3.77. The van der Waals surface area contributed by atoms with Crippen LogP contribution in [0, 0.1) is 0 Å². The summed E-state index contributed by atoms with van der Waals surface area (Å²) in [5.74, 6) is -0.349. The smallest absolute Gasteiger partial charge is 0.255 e. The molecule has 0 unspecified atom stereocenters. The minimum absolute atomic E-state index is 0.207. The number of sulfonamides is 1. The van der Waals surface area contributed by atoms with Gasteiger partial charge in [0.15, 0.2) is 0 Å². The molecule has 0 spiro atoms. The zero-order valence-electron chi connectivity index (χ0n) is 19.0. The van der Waals surface area contributed by atoms with E-state index in [0.717, 1.165) is 40.1 Å². The van der Waals surface area contributed by atoms with Crippen LogP contribution >= 0.6 is 11.3 Å². The van der Waals surface area contributed by atoms with Crippen molar-refractivity contribution in [3.8, 4) is 0 Å². The number of nitrogens with zero attached hydrogens (tertiary/aromatic N) is 2. The molecule has 34 heavy (non-hydrogen) atoms. The van der Waals surface area contributed by atoms with E-state index in [1.54, 1.807) is 17.4 Å². The highest BCUT2D eigenvalue weighted by Gasteiger charge is 2.25. The van der Waals surface area contributed by atoms with E-state index >= 15 is 0 Å². The number of fused-ring (bicyclic) bond motifs is 1. The quantitative estimate of drug-likeness (QED) is 0.449. The highest BCUT2D eigenvalue weighted by atomic mass is 32.2. The van der Waals surface area contributed by atoms with E-state index in [1.807, 2.05) is 43.3 Å². The normalized spacial score (nSPS) is 15.6. The maximum atomic E-state index is 12.8. The van der Waals surface area contributed by atoms with Crippen LogP contribution in [0.3, 0.4) is 0 Å². The zero-order valence-corrected chi connectivity index (χ0v) is 20.7. The molecule has 3 aromatic rings. The van der Waals surface area contributed by atoms with E-state index in [9.17, 15) is 13.2 Å². The summed E-state index contributed by atoms with van der Waals surface area (Å²) in [6.45, 7) is 6.94. The van der Waals surface area contributed by atoms with Crippen molar-refractivity contribution < 1.29 is 13.2 Å². The van der Waals surface area contributed by atoms with Gasteiger partial charge in [-0.15, -0.1) is 11.3 Å². The van der Waals surface area contributed by atoms with E-state index in [-0.39, 0.29) is 10.8 Å². The predicted molar refractivity (Wildman–Crippen MR) is 138 cm³/mol. The number of benzene rings is 2. The molecule has 2 aromatic carbocycles. The molecule has 0 saturated carbocycles. The number of aromatic nitrogens is 1. The van der Waals surface area contributed by atoms with Gasteiger partial charge in [-0.1, -0.05) is 37.3 Å². The van der Waals surface area contributed by atoms with Gasteiger partial charge in [0, 0.05) is 29.9 Å². The number of rotatable bonds is 7. The second kappa shape index (κ2) is 10.5. The fourth-order valence-corrected chi connectivity index (χ4v) is 6.31. The monoisotopic (exact) mass is 493 g/mol. The second-order valence-electron chi connectivity index (χ2n) is 8.03. The number of carbonyl (C=O) groups excluding carboxylic acids is 1. The van der Waals surface area contributed by atoms with E-state index in [0.29, 0.717) is 24.4 Å². The van der Waals surface area contributed by atoms with Crippen molar-refractivity contribution in [1.29, 1.82) is 0 Å². The first kappa shape index (κ1) is 24.1. The van der Waals surface area contributed by atoms with Crippen molar-refractivity contribution in [3.63, 3.8) is 0 Å². The number of allylic oxidation sites excluding steroid dienone is 4. The zero-order chi connectivity index (χ0) is 24.1. The number of hydrogen-bond acceptors (Lipinski definition) is 5. The lowest BCUT2D eigenvalue weighted by atomic mass is 10.2. The molecule has 0 radical (unpaired) electrons. The van der Waals surface area contributed by atoms with Crippen molar-refractivity contribution in [2.75, 3.05) is 13.1 Å². The number of thiazole rings is 1. The Morgan fingerprint density at radius 2 is 1.76 bits per heavy atom. The topological polar surface area (TPSA) is 79.4 Å². The fraction of sp³-hybridized carbons (Fsp3) is 0.231. The molecule has 1 aromatic heterocycles. The Hall–Kier alpha value is -3.07. The van der Waals surface area contributed by atoms with Crippen LogP contribution in [-0.2, 0) is 10.0 Å². The molecular formula is C26H27N3O3S2. The number of nitrogens with one attached hydrogen (secondary N) is 1. The molecular weight excluding hydrogens is 466 g/mol. The molecule has 1 aliphatic rings. The summed E-state index contributed by atoms with van der Waals surface area (Å²) in [5, 5.41) is 3.64. The van der Waals surface area contributed by atoms with Crippen LogP contribution in [0.1, 0.15) is 41.6 Å². The van der Waals surface area contributed by atoms with Crippen molar-refractivity contribution in [1.82, 2.24) is 14.6 Å². The average molecular weight is 494 g/mol. The molecule has 1 amide bonds. The van der Waals surface area contributed by atoms with E-state index in [2.05, 4.69) is 16.9 Å². The molecule has 176 valence electrons. The van der Waals surface area contributed by atoms with Crippen LogP contribution in [0.2, 0.25) is 0 Å². The molecule has 0 atom stereocenters. The molecule has 1 fully saturated rings. The number of piperidine rings is 1. The Bertz CT molecular complexity index is 1330. The Kier molecular flexibility index (Phi) is 7.41. The van der Waals surface area contributed by atoms with Crippen LogP contribution in [0.5, 0.6) is 0 Å². The molecule has 4 rings (SSSR count). The molecule has 2 heterocycles. The number of hydrogen-bond donors (Lipinski definition) is 1. The highest BCUT2D eigenvalue weighted by Crippen LogP contribution is 2.28. The predicted octanol–water partition coefficient (Wildman–Crippen LogP) is 5.37. The van der Waals surface area contributed by atoms with Crippen LogP contribution < -0.4 is 5.32 Å².